The topological polar surface area (TPSA) is 54.4 Å². The lowest BCUT2D eigenvalue weighted by atomic mass is 9.98. The molecule has 38 heavy (non-hydrogen) atoms. The van der Waals surface area contributed by atoms with Gasteiger partial charge in [-0.15, -0.1) is 0 Å². The van der Waals surface area contributed by atoms with Crippen molar-refractivity contribution < 1.29 is 9.13 Å². The number of aromatic nitrogens is 3. The summed E-state index contributed by atoms with van der Waals surface area (Å²) in [6.45, 7) is 4.43. The van der Waals surface area contributed by atoms with Crippen LogP contribution in [0.3, 0.4) is 0 Å². The van der Waals surface area contributed by atoms with E-state index in [1.165, 1.54) is 19.3 Å². The van der Waals surface area contributed by atoms with E-state index in [1.54, 1.807) is 6.20 Å². The van der Waals surface area contributed by atoms with Gasteiger partial charge in [0.2, 0.25) is 0 Å². The molecule has 2 bridgehead atoms. The maximum atomic E-state index is 16.4. The smallest absolute Gasteiger partial charge is 0.319 e. The SMILES string of the molecule is CN1CC[C@H](COc2nc(N3CC4CCC(C4)C3)c3cnc(-c4cccc5cccc(Cl)c45)c(F)c3n2)C1. The molecule has 4 heterocycles. The van der Waals surface area contributed by atoms with E-state index in [-0.39, 0.29) is 17.2 Å². The van der Waals surface area contributed by atoms with E-state index in [0.717, 1.165) is 49.2 Å². The molecule has 0 amide bonds. The van der Waals surface area contributed by atoms with Crippen LogP contribution in [-0.4, -0.2) is 59.7 Å². The fraction of sp³-hybridized carbons (Fsp3) is 0.433. The van der Waals surface area contributed by atoms with Crippen LogP contribution in [0.4, 0.5) is 10.2 Å². The summed E-state index contributed by atoms with van der Waals surface area (Å²) in [7, 11) is 2.12. The lowest BCUT2D eigenvalue weighted by molar-refractivity contribution is 0.233. The van der Waals surface area contributed by atoms with Gasteiger partial charge >= 0.3 is 6.01 Å². The molecule has 2 aliphatic heterocycles. The number of fused-ring (bicyclic) bond motifs is 4. The summed E-state index contributed by atoms with van der Waals surface area (Å²) in [6.07, 6.45) is 6.58. The molecule has 0 radical (unpaired) electrons. The van der Waals surface area contributed by atoms with Gasteiger partial charge in [-0.1, -0.05) is 41.9 Å². The lowest BCUT2D eigenvalue weighted by Crippen LogP contribution is -2.37. The summed E-state index contributed by atoms with van der Waals surface area (Å²) in [5.41, 5.74) is 1.14. The quantitative estimate of drug-likeness (QED) is 0.305. The number of piperidine rings is 1. The van der Waals surface area contributed by atoms with Gasteiger partial charge in [-0.3, -0.25) is 4.98 Å². The predicted molar refractivity (Wildman–Crippen MR) is 149 cm³/mol. The molecule has 6 nitrogen and oxygen atoms in total. The molecular formula is C30H31ClFN5O. The van der Waals surface area contributed by atoms with E-state index in [4.69, 9.17) is 21.3 Å². The van der Waals surface area contributed by atoms with Gasteiger partial charge in [0.1, 0.15) is 17.0 Å². The van der Waals surface area contributed by atoms with E-state index >= 15 is 4.39 Å². The zero-order chi connectivity index (χ0) is 25.8. The molecule has 2 aromatic carbocycles. The first-order valence-corrected chi connectivity index (χ1v) is 14.0. The Hall–Kier alpha value is -3.03. The van der Waals surface area contributed by atoms with Crippen molar-refractivity contribution in [3.8, 4) is 17.3 Å². The van der Waals surface area contributed by atoms with Crippen LogP contribution in [0, 0.1) is 23.6 Å². The number of nitrogens with zero attached hydrogens (tertiary/aromatic N) is 5. The van der Waals surface area contributed by atoms with Gasteiger partial charge in [0.15, 0.2) is 5.82 Å². The first kappa shape index (κ1) is 24.0. The third kappa shape index (κ3) is 4.26. The Balaban J connectivity index is 1.35. The molecule has 0 spiro atoms. The van der Waals surface area contributed by atoms with E-state index < -0.39 is 5.82 Å². The van der Waals surface area contributed by atoms with Gasteiger partial charge in [0.05, 0.1) is 12.0 Å². The molecular weight excluding hydrogens is 501 g/mol. The average Bonchev–Trinajstić information content (AvgIpc) is 3.50. The molecule has 7 rings (SSSR count). The first-order valence-electron chi connectivity index (χ1n) is 13.6. The minimum absolute atomic E-state index is 0.239. The van der Waals surface area contributed by atoms with Crippen molar-refractivity contribution in [2.45, 2.75) is 25.7 Å². The number of hydrogen-bond donors (Lipinski definition) is 0. The molecule has 3 aliphatic rings. The molecule has 2 saturated heterocycles. The first-order chi connectivity index (χ1) is 18.5. The minimum atomic E-state index is -0.469. The number of hydrogen-bond acceptors (Lipinski definition) is 6. The Morgan fingerprint density at radius 1 is 1.03 bits per heavy atom. The Bertz CT molecular complexity index is 1510. The second-order valence-electron chi connectivity index (χ2n) is 11.3. The molecule has 3 atom stereocenters. The van der Waals surface area contributed by atoms with Gasteiger partial charge in [-0.2, -0.15) is 9.97 Å². The van der Waals surface area contributed by atoms with Gasteiger partial charge < -0.3 is 14.5 Å². The molecule has 3 fully saturated rings. The Morgan fingerprint density at radius 2 is 1.82 bits per heavy atom. The molecule has 1 saturated carbocycles. The maximum Gasteiger partial charge on any atom is 0.319 e. The van der Waals surface area contributed by atoms with Crippen LogP contribution in [0.1, 0.15) is 25.7 Å². The number of ether oxygens (including phenoxy) is 1. The monoisotopic (exact) mass is 531 g/mol. The van der Waals surface area contributed by atoms with E-state index in [2.05, 4.69) is 26.8 Å². The van der Waals surface area contributed by atoms with Crippen molar-refractivity contribution in [3.63, 3.8) is 0 Å². The molecule has 1 aliphatic carbocycles. The van der Waals surface area contributed by atoms with Gasteiger partial charge in [-0.25, -0.2) is 4.39 Å². The van der Waals surface area contributed by atoms with Crippen molar-refractivity contribution in [1.82, 2.24) is 19.9 Å². The summed E-state index contributed by atoms with van der Waals surface area (Å²) in [5.74, 6) is 2.01. The highest BCUT2D eigenvalue weighted by atomic mass is 35.5. The van der Waals surface area contributed by atoms with Crippen molar-refractivity contribution in [2.24, 2.45) is 17.8 Å². The number of likely N-dealkylation sites (tertiary alicyclic amines) is 1. The number of anilines is 1. The van der Waals surface area contributed by atoms with Crippen LogP contribution in [0.5, 0.6) is 6.01 Å². The lowest BCUT2D eigenvalue weighted by Gasteiger charge is -2.33. The second kappa shape index (κ2) is 9.62. The highest BCUT2D eigenvalue weighted by Crippen LogP contribution is 2.41. The standard InChI is InChI=1S/C30H31ClFN5O/c1-36-11-10-20(14-36)17-38-30-34-28-23(29(35-30)37-15-18-8-9-19(12-18)16-37)13-33-27(26(28)32)22-6-2-4-21-5-3-7-24(31)25(21)22/h2-7,13,18-20H,8-12,14-17H2,1H3/t18?,19?,20-/m0/s1. The number of benzene rings is 2. The van der Waals surface area contributed by atoms with Gasteiger partial charge in [0.25, 0.3) is 0 Å². The predicted octanol–water partition coefficient (Wildman–Crippen LogP) is 6.20. The van der Waals surface area contributed by atoms with Crippen molar-refractivity contribution in [2.75, 3.05) is 44.7 Å². The van der Waals surface area contributed by atoms with E-state index in [9.17, 15) is 0 Å². The maximum absolute atomic E-state index is 16.4. The van der Waals surface area contributed by atoms with Crippen molar-refractivity contribution >= 4 is 39.1 Å². The molecule has 2 aromatic heterocycles. The largest absolute Gasteiger partial charge is 0.463 e. The van der Waals surface area contributed by atoms with Crippen molar-refractivity contribution in [3.05, 3.63) is 53.4 Å². The summed E-state index contributed by atoms with van der Waals surface area (Å²) >= 11 is 6.58. The Morgan fingerprint density at radius 3 is 2.58 bits per heavy atom. The molecule has 196 valence electrons. The number of pyridine rings is 1. The van der Waals surface area contributed by atoms with Crippen LogP contribution in [0.2, 0.25) is 5.02 Å². The van der Waals surface area contributed by atoms with Crippen LogP contribution in [-0.2, 0) is 0 Å². The van der Waals surface area contributed by atoms with Crippen LogP contribution >= 0.6 is 11.6 Å². The van der Waals surface area contributed by atoms with E-state index in [1.807, 2.05) is 36.4 Å². The molecule has 0 N–H and O–H groups in total. The summed E-state index contributed by atoms with van der Waals surface area (Å²) in [6, 6.07) is 11.7. The molecule has 8 heteroatoms. The van der Waals surface area contributed by atoms with Gasteiger partial charge in [-0.05, 0) is 62.6 Å². The zero-order valence-electron chi connectivity index (χ0n) is 21.5. The Kier molecular flexibility index (Phi) is 6.08. The summed E-state index contributed by atoms with van der Waals surface area (Å²) in [5, 5.41) is 2.92. The average molecular weight is 532 g/mol. The number of halogens is 2. The summed E-state index contributed by atoms with van der Waals surface area (Å²) < 4.78 is 22.6. The van der Waals surface area contributed by atoms with Crippen LogP contribution in [0.25, 0.3) is 32.9 Å². The third-order valence-electron chi connectivity index (χ3n) is 8.60. The number of rotatable bonds is 5. The van der Waals surface area contributed by atoms with E-state index in [0.29, 0.717) is 40.3 Å². The minimum Gasteiger partial charge on any atom is -0.463 e. The molecule has 4 aromatic rings. The second-order valence-corrected chi connectivity index (χ2v) is 11.7. The van der Waals surface area contributed by atoms with Crippen molar-refractivity contribution in [1.29, 1.82) is 0 Å². The highest BCUT2D eigenvalue weighted by Gasteiger charge is 2.35. The zero-order valence-corrected chi connectivity index (χ0v) is 22.3. The van der Waals surface area contributed by atoms with Crippen LogP contribution in [0.15, 0.2) is 42.6 Å². The Labute approximate surface area is 226 Å². The third-order valence-corrected chi connectivity index (χ3v) is 8.91. The fourth-order valence-corrected chi connectivity index (χ4v) is 7.03. The summed E-state index contributed by atoms with van der Waals surface area (Å²) in [4.78, 5) is 18.7. The fourth-order valence-electron chi connectivity index (χ4n) is 6.74. The normalized spacial score (nSPS) is 23.6. The van der Waals surface area contributed by atoms with Crippen LogP contribution < -0.4 is 9.64 Å². The molecule has 2 unspecified atom stereocenters. The van der Waals surface area contributed by atoms with Gasteiger partial charge in [0, 0.05) is 47.7 Å². The highest BCUT2D eigenvalue weighted by molar-refractivity contribution is 6.36.